The number of halogens is 1. The predicted molar refractivity (Wildman–Crippen MR) is 90.8 cm³/mol. The smallest absolute Gasteiger partial charge is 0.336 e. The molecule has 2 heterocycles. The molecule has 122 valence electrons. The van der Waals surface area contributed by atoms with E-state index in [1.54, 1.807) is 6.07 Å². The average Bonchev–Trinajstić information content (AvgIpc) is 3.06. The summed E-state index contributed by atoms with van der Waals surface area (Å²) < 4.78 is 17.4. The molecule has 0 radical (unpaired) electrons. The first-order valence-corrected chi connectivity index (χ1v) is 8.19. The molecule has 0 spiro atoms. The maximum Gasteiger partial charge on any atom is 0.336 e. The van der Waals surface area contributed by atoms with Gasteiger partial charge in [-0.05, 0) is 22.0 Å². The number of aromatic hydroxyl groups is 1. The van der Waals surface area contributed by atoms with Crippen LogP contribution in [0.2, 0.25) is 0 Å². The van der Waals surface area contributed by atoms with E-state index in [0.29, 0.717) is 27.6 Å². The Hall–Kier alpha value is -2.15. The molecule has 6 heteroatoms. The van der Waals surface area contributed by atoms with Gasteiger partial charge < -0.3 is 19.0 Å². The van der Waals surface area contributed by atoms with E-state index in [-0.39, 0.29) is 5.75 Å². The van der Waals surface area contributed by atoms with Crippen molar-refractivity contribution in [1.82, 2.24) is 0 Å². The van der Waals surface area contributed by atoms with Gasteiger partial charge in [-0.25, -0.2) is 4.79 Å². The van der Waals surface area contributed by atoms with Gasteiger partial charge in [0.1, 0.15) is 17.4 Å². The largest absolute Gasteiger partial charge is 0.507 e. The lowest BCUT2D eigenvalue weighted by Gasteiger charge is -2.13. The van der Waals surface area contributed by atoms with Gasteiger partial charge in [-0.3, -0.25) is 0 Å². The molecule has 2 aromatic carbocycles. The van der Waals surface area contributed by atoms with E-state index in [0.717, 1.165) is 5.56 Å². The lowest BCUT2D eigenvalue weighted by Crippen LogP contribution is -2.07. The summed E-state index contributed by atoms with van der Waals surface area (Å²) in [7, 11) is 0. The second-order valence-corrected chi connectivity index (χ2v) is 6.38. The van der Waals surface area contributed by atoms with E-state index in [2.05, 4.69) is 15.9 Å². The standard InChI is InChI=1S/C18H13BrO5/c19-13-6-11-12(7-17(21)23-15(11)8-14(13)20)16-9-22-18(24-16)10-4-2-1-3-5-10/h1-8,16,18,20H,9H2. The van der Waals surface area contributed by atoms with Crippen LogP contribution in [0.4, 0.5) is 0 Å². The average molecular weight is 389 g/mol. The van der Waals surface area contributed by atoms with Crippen molar-refractivity contribution in [2.75, 3.05) is 6.61 Å². The molecule has 1 N–H and O–H groups in total. The quantitative estimate of drug-likeness (QED) is 0.670. The third-order valence-corrected chi connectivity index (χ3v) is 4.58. The molecule has 1 aliphatic heterocycles. The highest BCUT2D eigenvalue weighted by Gasteiger charge is 2.30. The zero-order valence-electron chi connectivity index (χ0n) is 12.4. The molecular weight excluding hydrogens is 376 g/mol. The number of ether oxygens (including phenoxy) is 2. The van der Waals surface area contributed by atoms with Crippen LogP contribution in [-0.4, -0.2) is 11.7 Å². The van der Waals surface area contributed by atoms with E-state index >= 15 is 0 Å². The fourth-order valence-corrected chi connectivity index (χ4v) is 3.16. The van der Waals surface area contributed by atoms with Gasteiger partial charge in [-0.1, -0.05) is 30.3 Å². The summed E-state index contributed by atoms with van der Waals surface area (Å²) in [6.07, 6.45) is -0.864. The van der Waals surface area contributed by atoms with Crippen LogP contribution in [0.3, 0.4) is 0 Å². The van der Waals surface area contributed by atoms with Gasteiger partial charge in [0.2, 0.25) is 0 Å². The number of hydrogen-bond acceptors (Lipinski definition) is 5. The van der Waals surface area contributed by atoms with E-state index in [4.69, 9.17) is 13.9 Å². The highest BCUT2D eigenvalue weighted by molar-refractivity contribution is 9.10. The van der Waals surface area contributed by atoms with Crippen LogP contribution >= 0.6 is 15.9 Å². The first kappa shape index (κ1) is 15.4. The van der Waals surface area contributed by atoms with Crippen molar-refractivity contribution >= 4 is 26.9 Å². The Labute approximate surface area is 145 Å². The van der Waals surface area contributed by atoms with Crippen molar-refractivity contribution in [3.05, 3.63) is 74.6 Å². The summed E-state index contributed by atoms with van der Waals surface area (Å²) in [5, 5.41) is 10.5. The lowest BCUT2D eigenvalue weighted by molar-refractivity contribution is -0.0606. The molecule has 2 unspecified atom stereocenters. The van der Waals surface area contributed by atoms with Gasteiger partial charge >= 0.3 is 5.63 Å². The molecule has 2 atom stereocenters. The molecule has 1 fully saturated rings. The molecule has 0 aliphatic carbocycles. The van der Waals surface area contributed by atoms with Crippen LogP contribution < -0.4 is 5.63 Å². The first-order valence-electron chi connectivity index (χ1n) is 7.40. The van der Waals surface area contributed by atoms with Crippen LogP contribution in [0.5, 0.6) is 5.75 Å². The lowest BCUT2D eigenvalue weighted by atomic mass is 10.1. The second-order valence-electron chi connectivity index (χ2n) is 5.52. The first-order chi connectivity index (χ1) is 11.6. The minimum absolute atomic E-state index is 0.00792. The predicted octanol–water partition coefficient (Wildman–Crippen LogP) is 4.05. The molecule has 24 heavy (non-hydrogen) atoms. The minimum Gasteiger partial charge on any atom is -0.507 e. The van der Waals surface area contributed by atoms with E-state index in [1.807, 2.05) is 30.3 Å². The summed E-state index contributed by atoms with van der Waals surface area (Å²) in [5.74, 6) is 0.00792. The van der Waals surface area contributed by atoms with E-state index in [9.17, 15) is 9.90 Å². The molecule has 1 aliphatic rings. The molecule has 1 aromatic heterocycles. The third kappa shape index (κ3) is 2.73. The molecular formula is C18H13BrO5. The van der Waals surface area contributed by atoms with E-state index in [1.165, 1.54) is 12.1 Å². The van der Waals surface area contributed by atoms with Crippen LogP contribution in [-0.2, 0) is 9.47 Å². The molecule has 0 amide bonds. The van der Waals surface area contributed by atoms with Crippen LogP contribution in [0.25, 0.3) is 11.0 Å². The topological polar surface area (TPSA) is 68.9 Å². The minimum atomic E-state index is -0.494. The number of rotatable bonds is 2. The molecule has 5 nitrogen and oxygen atoms in total. The van der Waals surface area contributed by atoms with Crippen LogP contribution in [0.1, 0.15) is 23.5 Å². The van der Waals surface area contributed by atoms with Crippen molar-refractivity contribution in [2.45, 2.75) is 12.4 Å². The Bertz CT molecular complexity index is 951. The Kier molecular flexibility index (Phi) is 3.88. The number of fused-ring (bicyclic) bond motifs is 1. The SMILES string of the molecule is O=c1cc(C2COC(c3ccccc3)O2)c2cc(Br)c(O)cc2o1. The number of benzene rings is 2. The highest BCUT2D eigenvalue weighted by Crippen LogP contribution is 2.39. The Morgan fingerprint density at radius 1 is 1.12 bits per heavy atom. The normalized spacial score (nSPS) is 20.5. The van der Waals surface area contributed by atoms with Gasteiger partial charge in [-0.2, -0.15) is 0 Å². The van der Waals surface area contributed by atoms with Crippen molar-refractivity contribution in [2.24, 2.45) is 0 Å². The van der Waals surface area contributed by atoms with Crippen molar-refractivity contribution in [3.63, 3.8) is 0 Å². The van der Waals surface area contributed by atoms with Gasteiger partial charge in [0.25, 0.3) is 0 Å². The maximum absolute atomic E-state index is 11.9. The molecule has 1 saturated heterocycles. The molecule has 0 saturated carbocycles. The van der Waals surface area contributed by atoms with Crippen molar-refractivity contribution < 1.29 is 19.0 Å². The second kappa shape index (κ2) is 6.05. The monoisotopic (exact) mass is 388 g/mol. The van der Waals surface area contributed by atoms with Gasteiger partial charge in [-0.15, -0.1) is 0 Å². The third-order valence-electron chi connectivity index (χ3n) is 3.95. The number of phenols is 1. The van der Waals surface area contributed by atoms with Crippen LogP contribution in [0.15, 0.2) is 62.2 Å². The summed E-state index contributed by atoms with van der Waals surface area (Å²) in [5.41, 5.74) is 1.42. The van der Waals surface area contributed by atoms with E-state index < -0.39 is 18.0 Å². The fourth-order valence-electron chi connectivity index (χ4n) is 2.81. The summed E-state index contributed by atoms with van der Waals surface area (Å²) >= 11 is 3.28. The molecule has 3 aromatic rings. The zero-order valence-corrected chi connectivity index (χ0v) is 14.0. The van der Waals surface area contributed by atoms with Crippen LogP contribution in [0, 0.1) is 0 Å². The van der Waals surface area contributed by atoms with Gasteiger partial charge in [0.05, 0.1) is 11.1 Å². The van der Waals surface area contributed by atoms with Gasteiger partial charge in [0, 0.05) is 28.6 Å². The Morgan fingerprint density at radius 2 is 1.92 bits per heavy atom. The Balaban J connectivity index is 1.75. The number of phenolic OH excluding ortho intramolecular Hbond substituents is 1. The highest BCUT2D eigenvalue weighted by atomic mass is 79.9. The summed E-state index contributed by atoms with van der Waals surface area (Å²) in [6, 6.07) is 14.2. The van der Waals surface area contributed by atoms with Crippen molar-refractivity contribution in [3.8, 4) is 5.75 Å². The zero-order chi connectivity index (χ0) is 16.7. The Morgan fingerprint density at radius 3 is 2.71 bits per heavy atom. The molecule has 0 bridgehead atoms. The fraction of sp³-hybridized carbons (Fsp3) is 0.167. The summed E-state index contributed by atoms with van der Waals surface area (Å²) in [6.45, 7) is 0.330. The maximum atomic E-state index is 11.9. The van der Waals surface area contributed by atoms with Crippen molar-refractivity contribution in [1.29, 1.82) is 0 Å². The number of hydrogen-bond donors (Lipinski definition) is 1. The van der Waals surface area contributed by atoms with Gasteiger partial charge in [0.15, 0.2) is 6.29 Å². The summed E-state index contributed by atoms with van der Waals surface area (Å²) in [4.78, 5) is 11.9. The molecule has 4 rings (SSSR count).